The lowest BCUT2D eigenvalue weighted by molar-refractivity contribution is 0.177. The van der Waals surface area contributed by atoms with E-state index in [4.69, 9.17) is 5.11 Å². The molecule has 1 aromatic carbocycles. The third-order valence-electron chi connectivity index (χ3n) is 2.50. The lowest BCUT2D eigenvalue weighted by atomic mass is 10.1. The zero-order chi connectivity index (χ0) is 11.8. The molecule has 0 aromatic heterocycles. The minimum absolute atomic E-state index is 0.224. The van der Waals surface area contributed by atoms with Crippen LogP contribution in [0, 0.1) is 5.92 Å². The van der Waals surface area contributed by atoms with Crippen LogP contribution in [-0.2, 0) is 6.54 Å². The second-order valence-corrected chi connectivity index (χ2v) is 4.85. The highest BCUT2D eigenvalue weighted by atomic mass is 79.9. The SMILES string of the molecule is CC(CBr)CN(CCO)Cc1ccccc1. The van der Waals surface area contributed by atoms with E-state index in [1.54, 1.807) is 0 Å². The Morgan fingerprint density at radius 2 is 2.00 bits per heavy atom. The van der Waals surface area contributed by atoms with E-state index in [9.17, 15) is 0 Å². The fourth-order valence-electron chi connectivity index (χ4n) is 1.71. The Morgan fingerprint density at radius 3 is 2.56 bits per heavy atom. The van der Waals surface area contributed by atoms with E-state index in [-0.39, 0.29) is 6.61 Å². The first-order chi connectivity index (χ1) is 7.76. The summed E-state index contributed by atoms with van der Waals surface area (Å²) in [4.78, 5) is 2.29. The Bertz CT molecular complexity index is 279. The molecule has 1 rings (SSSR count). The van der Waals surface area contributed by atoms with Crippen molar-refractivity contribution in [3.63, 3.8) is 0 Å². The molecule has 0 fully saturated rings. The number of hydrogen-bond donors (Lipinski definition) is 1. The summed E-state index contributed by atoms with van der Waals surface area (Å²) in [5.74, 6) is 0.607. The lowest BCUT2D eigenvalue weighted by Crippen LogP contribution is -2.31. The van der Waals surface area contributed by atoms with Gasteiger partial charge in [0.25, 0.3) is 0 Å². The second-order valence-electron chi connectivity index (χ2n) is 4.20. The molecule has 0 bridgehead atoms. The van der Waals surface area contributed by atoms with Crippen LogP contribution in [0.25, 0.3) is 0 Å². The van der Waals surface area contributed by atoms with Crippen molar-refractivity contribution in [3.8, 4) is 0 Å². The molecule has 0 heterocycles. The largest absolute Gasteiger partial charge is 0.395 e. The number of alkyl halides is 1. The van der Waals surface area contributed by atoms with E-state index in [1.807, 2.05) is 6.07 Å². The molecule has 1 aromatic rings. The maximum absolute atomic E-state index is 9.05. The molecule has 3 heteroatoms. The van der Waals surface area contributed by atoms with Gasteiger partial charge in [-0.1, -0.05) is 53.2 Å². The maximum Gasteiger partial charge on any atom is 0.0558 e. The van der Waals surface area contributed by atoms with Crippen molar-refractivity contribution in [2.24, 2.45) is 5.92 Å². The van der Waals surface area contributed by atoms with Gasteiger partial charge < -0.3 is 5.11 Å². The molecule has 0 aliphatic heterocycles. The smallest absolute Gasteiger partial charge is 0.0558 e. The molecule has 0 radical (unpaired) electrons. The number of aliphatic hydroxyl groups is 1. The summed E-state index contributed by atoms with van der Waals surface area (Å²) in [6.07, 6.45) is 0. The van der Waals surface area contributed by atoms with Gasteiger partial charge in [0.15, 0.2) is 0 Å². The molecule has 1 N–H and O–H groups in total. The van der Waals surface area contributed by atoms with Crippen molar-refractivity contribution < 1.29 is 5.11 Å². The Kier molecular flexibility index (Phi) is 6.69. The monoisotopic (exact) mass is 285 g/mol. The number of aliphatic hydroxyl groups excluding tert-OH is 1. The molecule has 0 saturated heterocycles. The predicted octanol–water partition coefficient (Wildman–Crippen LogP) is 2.51. The third-order valence-corrected chi connectivity index (χ3v) is 3.60. The summed E-state index contributed by atoms with van der Waals surface area (Å²) in [6, 6.07) is 10.4. The fourth-order valence-corrected chi connectivity index (χ4v) is 1.91. The Balaban J connectivity index is 2.50. The minimum atomic E-state index is 0.224. The van der Waals surface area contributed by atoms with Crippen LogP contribution in [0.5, 0.6) is 0 Å². The predicted molar refractivity (Wildman–Crippen MR) is 71.8 cm³/mol. The molecular weight excluding hydrogens is 266 g/mol. The van der Waals surface area contributed by atoms with E-state index in [0.29, 0.717) is 5.92 Å². The molecule has 0 saturated carbocycles. The average molecular weight is 286 g/mol. The summed E-state index contributed by atoms with van der Waals surface area (Å²) in [6.45, 7) is 5.11. The van der Waals surface area contributed by atoms with Crippen molar-refractivity contribution >= 4 is 15.9 Å². The van der Waals surface area contributed by atoms with Gasteiger partial charge in [0, 0.05) is 25.0 Å². The van der Waals surface area contributed by atoms with Gasteiger partial charge in [-0.05, 0) is 11.5 Å². The maximum atomic E-state index is 9.05. The molecule has 0 aliphatic carbocycles. The van der Waals surface area contributed by atoms with Gasteiger partial charge in [0.2, 0.25) is 0 Å². The fraction of sp³-hybridized carbons (Fsp3) is 0.538. The van der Waals surface area contributed by atoms with Crippen molar-refractivity contribution in [2.45, 2.75) is 13.5 Å². The van der Waals surface area contributed by atoms with Crippen LogP contribution in [0.1, 0.15) is 12.5 Å². The Hall–Kier alpha value is -0.380. The first kappa shape index (κ1) is 13.7. The molecular formula is C13H20BrNO. The standard InChI is InChI=1S/C13H20BrNO/c1-12(9-14)10-15(7-8-16)11-13-5-3-2-4-6-13/h2-6,12,16H,7-11H2,1H3. The number of rotatable bonds is 7. The van der Waals surface area contributed by atoms with Gasteiger partial charge in [-0.2, -0.15) is 0 Å². The van der Waals surface area contributed by atoms with E-state index in [2.05, 4.69) is 52.0 Å². The molecule has 16 heavy (non-hydrogen) atoms. The van der Waals surface area contributed by atoms with Crippen molar-refractivity contribution in [1.29, 1.82) is 0 Å². The first-order valence-corrected chi connectivity index (χ1v) is 6.81. The normalized spacial score (nSPS) is 13.0. The number of hydrogen-bond acceptors (Lipinski definition) is 2. The van der Waals surface area contributed by atoms with Crippen LogP contribution in [0.2, 0.25) is 0 Å². The van der Waals surface area contributed by atoms with Crippen LogP contribution in [0.3, 0.4) is 0 Å². The Labute approximate surface area is 106 Å². The zero-order valence-electron chi connectivity index (χ0n) is 9.77. The number of halogens is 1. The van der Waals surface area contributed by atoms with Gasteiger partial charge >= 0.3 is 0 Å². The van der Waals surface area contributed by atoms with E-state index in [1.165, 1.54) is 5.56 Å². The highest BCUT2D eigenvalue weighted by molar-refractivity contribution is 9.09. The first-order valence-electron chi connectivity index (χ1n) is 5.69. The topological polar surface area (TPSA) is 23.5 Å². The molecule has 0 spiro atoms. The summed E-state index contributed by atoms with van der Waals surface area (Å²) in [5, 5.41) is 10.1. The molecule has 0 aliphatic rings. The molecule has 90 valence electrons. The minimum Gasteiger partial charge on any atom is -0.395 e. The van der Waals surface area contributed by atoms with Gasteiger partial charge in [-0.25, -0.2) is 0 Å². The second kappa shape index (κ2) is 7.82. The van der Waals surface area contributed by atoms with Crippen LogP contribution < -0.4 is 0 Å². The van der Waals surface area contributed by atoms with E-state index < -0.39 is 0 Å². The van der Waals surface area contributed by atoms with E-state index in [0.717, 1.165) is 25.0 Å². The van der Waals surface area contributed by atoms with Crippen molar-refractivity contribution in [2.75, 3.05) is 25.0 Å². The molecule has 1 unspecified atom stereocenters. The van der Waals surface area contributed by atoms with E-state index >= 15 is 0 Å². The highest BCUT2D eigenvalue weighted by Gasteiger charge is 2.09. The van der Waals surface area contributed by atoms with Crippen molar-refractivity contribution in [1.82, 2.24) is 4.90 Å². The summed E-state index contributed by atoms with van der Waals surface area (Å²) in [5.41, 5.74) is 1.30. The number of nitrogens with zero attached hydrogens (tertiary/aromatic N) is 1. The lowest BCUT2D eigenvalue weighted by Gasteiger charge is -2.24. The quantitative estimate of drug-likeness (QED) is 0.779. The van der Waals surface area contributed by atoms with Crippen LogP contribution >= 0.6 is 15.9 Å². The van der Waals surface area contributed by atoms with Crippen LogP contribution in [0.4, 0.5) is 0 Å². The van der Waals surface area contributed by atoms with Gasteiger partial charge in [-0.15, -0.1) is 0 Å². The summed E-state index contributed by atoms with van der Waals surface area (Å²) < 4.78 is 0. The number of benzene rings is 1. The average Bonchev–Trinajstić information content (AvgIpc) is 2.30. The molecule has 1 atom stereocenters. The van der Waals surface area contributed by atoms with Gasteiger partial charge in [0.1, 0.15) is 0 Å². The van der Waals surface area contributed by atoms with Gasteiger partial charge in [-0.3, -0.25) is 4.90 Å². The molecule has 0 amide bonds. The van der Waals surface area contributed by atoms with Crippen LogP contribution in [-0.4, -0.2) is 35.0 Å². The Morgan fingerprint density at radius 1 is 1.31 bits per heavy atom. The summed E-state index contributed by atoms with van der Waals surface area (Å²) >= 11 is 3.49. The zero-order valence-corrected chi connectivity index (χ0v) is 11.4. The van der Waals surface area contributed by atoms with Crippen LogP contribution in [0.15, 0.2) is 30.3 Å². The van der Waals surface area contributed by atoms with Crippen molar-refractivity contribution in [3.05, 3.63) is 35.9 Å². The summed E-state index contributed by atoms with van der Waals surface area (Å²) in [7, 11) is 0. The van der Waals surface area contributed by atoms with Gasteiger partial charge in [0.05, 0.1) is 6.61 Å². The third kappa shape index (κ3) is 5.10. The highest BCUT2D eigenvalue weighted by Crippen LogP contribution is 2.08. The molecule has 2 nitrogen and oxygen atoms in total.